The van der Waals surface area contributed by atoms with Crippen LogP contribution in [0.2, 0.25) is 5.02 Å². The summed E-state index contributed by atoms with van der Waals surface area (Å²) in [5.41, 5.74) is 5.97. The molecule has 0 spiro atoms. The first kappa shape index (κ1) is 15.6. The normalized spacial score (nSPS) is 23.1. The van der Waals surface area contributed by atoms with Crippen molar-refractivity contribution >= 4 is 27.3 Å². The zero-order valence-electron chi connectivity index (χ0n) is 11.0. The second-order valence-corrected chi connectivity index (χ2v) is 7.32. The van der Waals surface area contributed by atoms with Gasteiger partial charge in [-0.3, -0.25) is 0 Å². The Balaban J connectivity index is 2.07. The van der Waals surface area contributed by atoms with Crippen LogP contribution in [0.1, 0.15) is 19.3 Å². The third-order valence-electron chi connectivity index (χ3n) is 3.83. The molecule has 1 aromatic rings. The SMILES string of the molecule is Nc1ccc(S(=O)(=O)NCC2CCCC2CO)c(Cl)c1. The fourth-order valence-electron chi connectivity index (χ4n) is 2.65. The molecule has 2 unspecified atom stereocenters. The summed E-state index contributed by atoms with van der Waals surface area (Å²) < 4.78 is 27.0. The minimum absolute atomic E-state index is 0.0342. The lowest BCUT2D eigenvalue weighted by atomic mass is 9.97. The van der Waals surface area contributed by atoms with Crippen LogP contribution >= 0.6 is 11.6 Å². The number of aliphatic hydroxyl groups excluding tert-OH is 1. The van der Waals surface area contributed by atoms with E-state index in [0.717, 1.165) is 19.3 Å². The van der Waals surface area contributed by atoms with Crippen LogP contribution in [0.25, 0.3) is 0 Å². The Kier molecular flexibility index (Phi) is 4.90. The molecule has 0 amide bonds. The lowest BCUT2D eigenvalue weighted by Crippen LogP contribution is -2.31. The molecular formula is C13H19ClN2O3S. The summed E-state index contributed by atoms with van der Waals surface area (Å²) in [6.07, 6.45) is 2.91. The number of nitrogen functional groups attached to an aromatic ring is 1. The van der Waals surface area contributed by atoms with Crippen LogP contribution in [0.4, 0.5) is 5.69 Å². The number of hydrogen-bond acceptors (Lipinski definition) is 4. The molecule has 1 aliphatic rings. The Morgan fingerprint density at radius 3 is 2.70 bits per heavy atom. The van der Waals surface area contributed by atoms with Crippen molar-refractivity contribution < 1.29 is 13.5 Å². The maximum atomic E-state index is 12.2. The van der Waals surface area contributed by atoms with Gasteiger partial charge in [-0.05, 0) is 42.9 Å². The molecule has 20 heavy (non-hydrogen) atoms. The highest BCUT2D eigenvalue weighted by atomic mass is 35.5. The summed E-state index contributed by atoms with van der Waals surface area (Å²) in [7, 11) is -3.65. The van der Waals surface area contributed by atoms with Gasteiger partial charge in [-0.15, -0.1) is 0 Å². The van der Waals surface area contributed by atoms with E-state index in [9.17, 15) is 13.5 Å². The molecule has 4 N–H and O–H groups in total. The molecule has 2 atom stereocenters. The number of rotatable bonds is 5. The average molecular weight is 319 g/mol. The third kappa shape index (κ3) is 3.44. The summed E-state index contributed by atoms with van der Waals surface area (Å²) in [6.45, 7) is 0.434. The molecule has 1 aromatic carbocycles. The predicted octanol–water partition coefficient (Wildman–Crippen LogP) is 1.61. The Bertz CT molecular complexity index is 577. The Morgan fingerprint density at radius 1 is 1.35 bits per heavy atom. The number of aliphatic hydroxyl groups is 1. The quantitative estimate of drug-likeness (QED) is 0.719. The molecule has 2 rings (SSSR count). The van der Waals surface area contributed by atoms with Crippen molar-refractivity contribution in [3.05, 3.63) is 23.2 Å². The summed E-state index contributed by atoms with van der Waals surface area (Å²) in [4.78, 5) is 0.0342. The highest BCUT2D eigenvalue weighted by Crippen LogP contribution is 2.31. The van der Waals surface area contributed by atoms with E-state index in [4.69, 9.17) is 17.3 Å². The Labute approximate surface area is 124 Å². The zero-order chi connectivity index (χ0) is 14.8. The van der Waals surface area contributed by atoms with Gasteiger partial charge in [-0.2, -0.15) is 0 Å². The van der Waals surface area contributed by atoms with Crippen LogP contribution in [0, 0.1) is 11.8 Å². The van der Waals surface area contributed by atoms with E-state index in [1.807, 2.05) is 0 Å². The zero-order valence-corrected chi connectivity index (χ0v) is 12.6. The van der Waals surface area contributed by atoms with E-state index in [1.54, 1.807) is 0 Å². The monoisotopic (exact) mass is 318 g/mol. The van der Waals surface area contributed by atoms with Crippen LogP contribution < -0.4 is 10.5 Å². The van der Waals surface area contributed by atoms with Crippen LogP contribution in [0.3, 0.4) is 0 Å². The molecule has 0 aromatic heterocycles. The number of anilines is 1. The van der Waals surface area contributed by atoms with Crippen molar-refractivity contribution in [3.63, 3.8) is 0 Å². The van der Waals surface area contributed by atoms with Crippen LogP contribution in [-0.2, 0) is 10.0 Å². The van der Waals surface area contributed by atoms with Gasteiger partial charge in [0.1, 0.15) is 4.90 Å². The topological polar surface area (TPSA) is 92.4 Å². The summed E-state index contributed by atoms with van der Waals surface area (Å²) in [5.74, 6) is 0.363. The van der Waals surface area contributed by atoms with Gasteiger partial charge >= 0.3 is 0 Å². The van der Waals surface area contributed by atoms with E-state index in [-0.39, 0.29) is 28.4 Å². The van der Waals surface area contributed by atoms with Crippen LogP contribution in [0.5, 0.6) is 0 Å². The molecule has 1 saturated carbocycles. The van der Waals surface area contributed by atoms with Gasteiger partial charge in [0.25, 0.3) is 0 Å². The van der Waals surface area contributed by atoms with E-state index in [0.29, 0.717) is 12.2 Å². The van der Waals surface area contributed by atoms with Gasteiger partial charge in [0.05, 0.1) is 5.02 Å². The largest absolute Gasteiger partial charge is 0.399 e. The number of hydrogen-bond donors (Lipinski definition) is 3. The van der Waals surface area contributed by atoms with Gasteiger partial charge < -0.3 is 10.8 Å². The first-order chi connectivity index (χ1) is 9.44. The minimum Gasteiger partial charge on any atom is -0.399 e. The lowest BCUT2D eigenvalue weighted by molar-refractivity contribution is 0.195. The van der Waals surface area contributed by atoms with E-state index in [2.05, 4.69) is 4.72 Å². The summed E-state index contributed by atoms with van der Waals surface area (Å²) >= 11 is 5.93. The smallest absolute Gasteiger partial charge is 0.242 e. The number of benzene rings is 1. The lowest BCUT2D eigenvalue weighted by Gasteiger charge is -2.18. The maximum Gasteiger partial charge on any atom is 0.242 e. The second kappa shape index (κ2) is 6.30. The van der Waals surface area contributed by atoms with Crippen LogP contribution in [-0.4, -0.2) is 26.7 Å². The number of sulfonamides is 1. The van der Waals surface area contributed by atoms with E-state index < -0.39 is 10.0 Å². The van der Waals surface area contributed by atoms with Crippen molar-refractivity contribution in [1.29, 1.82) is 0 Å². The molecule has 1 fully saturated rings. The van der Waals surface area contributed by atoms with Gasteiger partial charge in [-0.1, -0.05) is 18.0 Å². The van der Waals surface area contributed by atoms with E-state index in [1.165, 1.54) is 18.2 Å². The average Bonchev–Trinajstić information content (AvgIpc) is 2.83. The molecule has 0 aliphatic heterocycles. The van der Waals surface area contributed by atoms with Crippen molar-refractivity contribution in [3.8, 4) is 0 Å². The number of nitrogens with one attached hydrogen (secondary N) is 1. The van der Waals surface area contributed by atoms with E-state index >= 15 is 0 Å². The van der Waals surface area contributed by atoms with Gasteiger partial charge in [0.2, 0.25) is 10.0 Å². The maximum absolute atomic E-state index is 12.2. The summed E-state index contributed by atoms with van der Waals surface area (Å²) in [5, 5.41) is 9.36. The van der Waals surface area contributed by atoms with Crippen molar-refractivity contribution in [2.75, 3.05) is 18.9 Å². The molecule has 0 heterocycles. The highest BCUT2D eigenvalue weighted by molar-refractivity contribution is 7.89. The van der Waals surface area contributed by atoms with Crippen molar-refractivity contribution in [2.24, 2.45) is 11.8 Å². The third-order valence-corrected chi connectivity index (χ3v) is 5.74. The van der Waals surface area contributed by atoms with Crippen molar-refractivity contribution in [1.82, 2.24) is 4.72 Å². The first-order valence-electron chi connectivity index (χ1n) is 6.59. The molecule has 7 heteroatoms. The van der Waals surface area contributed by atoms with Gasteiger partial charge in [0.15, 0.2) is 0 Å². The molecular weight excluding hydrogens is 300 g/mol. The fraction of sp³-hybridized carbons (Fsp3) is 0.538. The highest BCUT2D eigenvalue weighted by Gasteiger charge is 2.28. The molecule has 0 saturated heterocycles. The number of nitrogens with two attached hydrogens (primary N) is 1. The molecule has 1 aliphatic carbocycles. The first-order valence-corrected chi connectivity index (χ1v) is 8.45. The Hall–Kier alpha value is -0.820. The van der Waals surface area contributed by atoms with Gasteiger partial charge in [-0.25, -0.2) is 13.1 Å². The summed E-state index contributed by atoms with van der Waals surface area (Å²) in [6, 6.07) is 4.33. The molecule has 112 valence electrons. The molecule has 0 bridgehead atoms. The number of halogens is 1. The van der Waals surface area contributed by atoms with Gasteiger partial charge in [0, 0.05) is 18.8 Å². The fourth-order valence-corrected chi connectivity index (χ4v) is 4.30. The molecule has 5 nitrogen and oxygen atoms in total. The Morgan fingerprint density at radius 2 is 2.05 bits per heavy atom. The molecule has 0 radical (unpaired) electrons. The predicted molar refractivity (Wildman–Crippen MR) is 79.0 cm³/mol. The van der Waals surface area contributed by atoms with Crippen LogP contribution in [0.15, 0.2) is 23.1 Å². The van der Waals surface area contributed by atoms with Crippen molar-refractivity contribution in [2.45, 2.75) is 24.2 Å². The second-order valence-electron chi connectivity index (χ2n) is 5.18. The standard InChI is InChI=1S/C13H19ClN2O3S/c14-12-6-11(15)4-5-13(12)20(18,19)16-7-9-2-1-3-10(9)8-17/h4-6,9-10,16-17H,1-3,7-8,15H2. The minimum atomic E-state index is -3.65.